The van der Waals surface area contributed by atoms with Gasteiger partial charge in [0.2, 0.25) is 0 Å². The van der Waals surface area contributed by atoms with E-state index >= 15 is 0 Å². The molecule has 110 valence electrons. The summed E-state index contributed by atoms with van der Waals surface area (Å²) in [6.07, 6.45) is 1.69. The minimum absolute atomic E-state index is 0.257. The van der Waals surface area contributed by atoms with E-state index in [1.165, 1.54) is 33.4 Å². The maximum atomic E-state index is 9.48. The largest absolute Gasteiger partial charge is 0.411 e. The molecule has 0 amide bonds. The molecule has 0 aliphatic heterocycles. The summed E-state index contributed by atoms with van der Waals surface area (Å²) in [5, 5.41) is 13.0. The van der Waals surface area contributed by atoms with Crippen LogP contribution in [0.1, 0.15) is 39.3 Å². The normalized spacial score (nSPS) is 23.4. The van der Waals surface area contributed by atoms with Crippen molar-refractivity contribution >= 4 is 6.21 Å². The lowest BCUT2D eigenvalue weighted by Gasteiger charge is -2.48. The zero-order chi connectivity index (χ0) is 15.4. The van der Waals surface area contributed by atoms with Gasteiger partial charge in [0.25, 0.3) is 0 Å². The molecule has 2 nitrogen and oxygen atoms in total. The summed E-state index contributed by atoms with van der Waals surface area (Å²) in [7, 11) is 0. The summed E-state index contributed by atoms with van der Waals surface area (Å²) in [4.78, 5) is 0. The molecule has 3 aromatic carbocycles. The van der Waals surface area contributed by atoms with Gasteiger partial charge in [0.1, 0.15) is 0 Å². The molecule has 2 heteroatoms. The second kappa shape index (κ2) is 4.32. The summed E-state index contributed by atoms with van der Waals surface area (Å²) in [6.45, 7) is 0. The van der Waals surface area contributed by atoms with Crippen LogP contribution in [-0.4, -0.2) is 11.4 Å². The molecule has 3 aliphatic rings. The van der Waals surface area contributed by atoms with Crippen LogP contribution in [0.25, 0.3) is 0 Å². The lowest BCUT2D eigenvalue weighted by atomic mass is 9.53. The minimum atomic E-state index is -0.507. The van der Waals surface area contributed by atoms with Crippen molar-refractivity contribution in [2.24, 2.45) is 5.16 Å². The molecule has 3 aromatic rings. The van der Waals surface area contributed by atoms with Gasteiger partial charge < -0.3 is 5.21 Å². The maximum Gasteiger partial charge on any atom is 0.0846 e. The van der Waals surface area contributed by atoms with Gasteiger partial charge >= 0.3 is 0 Å². The summed E-state index contributed by atoms with van der Waals surface area (Å²) in [6, 6.07) is 25.6. The highest BCUT2D eigenvalue weighted by atomic mass is 16.4. The monoisotopic (exact) mass is 297 g/mol. The molecule has 1 N–H and O–H groups in total. The van der Waals surface area contributed by atoms with Crippen molar-refractivity contribution in [3.8, 4) is 0 Å². The van der Waals surface area contributed by atoms with Gasteiger partial charge in [-0.2, -0.15) is 0 Å². The van der Waals surface area contributed by atoms with E-state index in [1.807, 2.05) is 0 Å². The highest BCUT2D eigenvalue weighted by Gasteiger charge is 2.50. The fourth-order valence-electron chi connectivity index (χ4n) is 4.56. The Bertz CT molecular complexity index is 842. The van der Waals surface area contributed by atoms with Gasteiger partial charge in [-0.05, 0) is 33.4 Å². The van der Waals surface area contributed by atoms with E-state index in [-0.39, 0.29) is 5.92 Å². The first-order chi connectivity index (χ1) is 11.4. The third-order valence-electron chi connectivity index (χ3n) is 5.34. The highest BCUT2D eigenvalue weighted by molar-refractivity contribution is 5.91. The van der Waals surface area contributed by atoms with E-state index < -0.39 is 5.41 Å². The van der Waals surface area contributed by atoms with Gasteiger partial charge in [-0.3, -0.25) is 0 Å². The van der Waals surface area contributed by atoms with Crippen molar-refractivity contribution in [3.05, 3.63) is 106 Å². The third kappa shape index (κ3) is 1.36. The highest BCUT2D eigenvalue weighted by Crippen LogP contribution is 2.58. The molecule has 0 aromatic heterocycles. The van der Waals surface area contributed by atoms with Gasteiger partial charge in [-0.25, -0.2) is 0 Å². The summed E-state index contributed by atoms with van der Waals surface area (Å²) in [5.74, 6) is 0.257. The van der Waals surface area contributed by atoms with Crippen molar-refractivity contribution in [1.82, 2.24) is 0 Å². The molecule has 3 aliphatic carbocycles. The zero-order valence-corrected chi connectivity index (χ0v) is 12.5. The zero-order valence-electron chi connectivity index (χ0n) is 12.5. The Kier molecular flexibility index (Phi) is 2.38. The van der Waals surface area contributed by atoms with Crippen LogP contribution in [0.15, 0.2) is 78.0 Å². The minimum Gasteiger partial charge on any atom is -0.411 e. The van der Waals surface area contributed by atoms with Crippen molar-refractivity contribution < 1.29 is 5.21 Å². The fraction of sp³-hybridized carbons (Fsp3) is 0.0952. The van der Waals surface area contributed by atoms with Crippen LogP contribution in [0.4, 0.5) is 0 Å². The first-order valence-corrected chi connectivity index (χ1v) is 7.84. The molecular weight excluding hydrogens is 282 g/mol. The Morgan fingerprint density at radius 2 is 1.09 bits per heavy atom. The SMILES string of the molecule is O/N=C/C12c3ccccc3C(c3ccccc31)c1ccccc12. The summed E-state index contributed by atoms with van der Waals surface area (Å²) < 4.78 is 0. The number of nitrogens with zero attached hydrogens (tertiary/aromatic N) is 1. The lowest BCUT2D eigenvalue weighted by molar-refractivity contribution is 0.318. The van der Waals surface area contributed by atoms with Crippen LogP contribution in [0, 0.1) is 0 Å². The van der Waals surface area contributed by atoms with Gasteiger partial charge in [0.15, 0.2) is 0 Å². The number of rotatable bonds is 1. The van der Waals surface area contributed by atoms with Crippen molar-refractivity contribution in [2.45, 2.75) is 11.3 Å². The average molecular weight is 297 g/mol. The average Bonchev–Trinajstić information content (AvgIpc) is 2.62. The van der Waals surface area contributed by atoms with Crippen molar-refractivity contribution in [2.75, 3.05) is 0 Å². The van der Waals surface area contributed by atoms with E-state index in [0.717, 1.165) is 0 Å². The van der Waals surface area contributed by atoms with Crippen LogP contribution >= 0.6 is 0 Å². The van der Waals surface area contributed by atoms with E-state index in [4.69, 9.17) is 0 Å². The van der Waals surface area contributed by atoms with Crippen LogP contribution in [0.2, 0.25) is 0 Å². The van der Waals surface area contributed by atoms with E-state index in [1.54, 1.807) is 6.21 Å². The quantitative estimate of drug-likeness (QED) is 0.406. The Balaban J connectivity index is 2.02. The molecule has 6 rings (SSSR count). The molecule has 0 spiro atoms. The van der Waals surface area contributed by atoms with E-state index in [2.05, 4.69) is 78.0 Å². The predicted octanol–water partition coefficient (Wildman–Crippen LogP) is 4.29. The van der Waals surface area contributed by atoms with Crippen molar-refractivity contribution in [1.29, 1.82) is 0 Å². The smallest absolute Gasteiger partial charge is 0.0846 e. The number of hydrogen-bond acceptors (Lipinski definition) is 2. The number of hydrogen-bond donors (Lipinski definition) is 1. The second-order valence-electron chi connectivity index (χ2n) is 6.25. The predicted molar refractivity (Wildman–Crippen MR) is 90.4 cm³/mol. The number of oxime groups is 1. The molecule has 0 heterocycles. The molecule has 0 fully saturated rings. The second-order valence-corrected chi connectivity index (χ2v) is 6.25. The Hall–Kier alpha value is -2.87. The van der Waals surface area contributed by atoms with Gasteiger partial charge in [0.05, 0.1) is 11.6 Å². The van der Waals surface area contributed by atoms with Crippen LogP contribution in [-0.2, 0) is 5.41 Å². The molecule has 0 saturated heterocycles. The molecule has 0 atom stereocenters. The Labute approximate surface area is 134 Å². The van der Waals surface area contributed by atoms with Crippen molar-refractivity contribution in [3.63, 3.8) is 0 Å². The molecule has 23 heavy (non-hydrogen) atoms. The topological polar surface area (TPSA) is 32.6 Å². The molecule has 0 saturated carbocycles. The Morgan fingerprint density at radius 1 is 0.696 bits per heavy atom. The Morgan fingerprint density at radius 3 is 1.48 bits per heavy atom. The standard InChI is InChI=1S/C21H15NO/c23-22-13-21-17-10-4-1-7-14(17)20(15-8-2-5-11-18(15)21)16-9-3-6-12-19(16)21/h1-13,20,23H/b22-13+. The van der Waals surface area contributed by atoms with Gasteiger partial charge in [-0.1, -0.05) is 72.8 Å². The third-order valence-corrected chi connectivity index (χ3v) is 5.34. The molecular formula is C21H15NO. The van der Waals surface area contributed by atoms with Gasteiger partial charge in [-0.15, -0.1) is 5.16 Å². The lowest BCUT2D eigenvalue weighted by Crippen LogP contribution is -2.43. The summed E-state index contributed by atoms with van der Waals surface area (Å²) >= 11 is 0. The van der Waals surface area contributed by atoms with Gasteiger partial charge in [0, 0.05) is 5.92 Å². The van der Waals surface area contributed by atoms with Crippen LogP contribution < -0.4 is 0 Å². The van der Waals surface area contributed by atoms with Crippen LogP contribution in [0.5, 0.6) is 0 Å². The first-order valence-electron chi connectivity index (χ1n) is 7.84. The van der Waals surface area contributed by atoms with E-state index in [0.29, 0.717) is 0 Å². The maximum absolute atomic E-state index is 9.48. The number of benzene rings is 3. The first kappa shape index (κ1) is 12.7. The molecule has 0 unspecified atom stereocenters. The summed E-state index contributed by atoms with van der Waals surface area (Å²) in [5.41, 5.74) is 7.09. The van der Waals surface area contributed by atoms with E-state index in [9.17, 15) is 5.21 Å². The molecule has 0 radical (unpaired) electrons. The molecule has 2 bridgehead atoms. The van der Waals surface area contributed by atoms with Crippen LogP contribution in [0.3, 0.4) is 0 Å². The fourth-order valence-corrected chi connectivity index (χ4v) is 4.56.